The maximum atomic E-state index is 14.0. The summed E-state index contributed by atoms with van der Waals surface area (Å²) in [6.45, 7) is 2.83. The fourth-order valence-corrected chi connectivity index (χ4v) is 3.47. The third kappa shape index (κ3) is 6.46. The van der Waals surface area contributed by atoms with E-state index in [1.165, 1.54) is 11.6 Å². The smallest absolute Gasteiger partial charge is 0.131 e. The van der Waals surface area contributed by atoms with Crippen molar-refractivity contribution >= 4 is 23.2 Å². The summed E-state index contributed by atoms with van der Waals surface area (Å²) < 4.78 is 19.9. The molecule has 0 amide bonds. The van der Waals surface area contributed by atoms with Crippen LogP contribution in [0.1, 0.15) is 30.0 Å². The number of rotatable bonds is 9. The Bertz CT molecular complexity index is 913. The molecule has 0 aliphatic rings. The van der Waals surface area contributed by atoms with Gasteiger partial charge in [-0.15, -0.1) is 0 Å². The number of benzene rings is 3. The minimum atomic E-state index is -0.374. The SMILES string of the molecule is C[C@@H](CCc1ccccc1)NCc1cc(Cl)ccc1OCc1c(F)cccc1Cl. The van der Waals surface area contributed by atoms with Gasteiger partial charge in [-0.3, -0.25) is 0 Å². The van der Waals surface area contributed by atoms with Crippen molar-refractivity contribution in [3.05, 3.63) is 99.3 Å². The molecule has 0 radical (unpaired) electrons. The first-order chi connectivity index (χ1) is 14.0. The molecule has 1 atom stereocenters. The zero-order chi connectivity index (χ0) is 20.6. The van der Waals surface area contributed by atoms with Gasteiger partial charge >= 0.3 is 0 Å². The molecule has 0 unspecified atom stereocenters. The van der Waals surface area contributed by atoms with Crippen LogP contribution in [0.4, 0.5) is 4.39 Å². The summed E-state index contributed by atoms with van der Waals surface area (Å²) >= 11 is 12.3. The Hall–Kier alpha value is -2.07. The van der Waals surface area contributed by atoms with E-state index in [0.29, 0.717) is 33.9 Å². The lowest BCUT2D eigenvalue weighted by Gasteiger charge is -2.17. The van der Waals surface area contributed by atoms with Gasteiger partial charge in [0, 0.05) is 28.7 Å². The zero-order valence-corrected chi connectivity index (χ0v) is 17.8. The van der Waals surface area contributed by atoms with Crippen LogP contribution < -0.4 is 10.1 Å². The van der Waals surface area contributed by atoms with E-state index in [0.717, 1.165) is 18.4 Å². The standard InChI is InChI=1S/C24H24Cl2FNO/c1-17(10-11-18-6-3-2-4-7-18)28-15-19-14-20(25)12-13-24(19)29-16-21-22(26)8-5-9-23(21)27/h2-9,12-14,17,28H,10-11,15-16H2,1H3/t17-/m0/s1. The van der Waals surface area contributed by atoms with Crippen molar-refractivity contribution in [2.45, 2.75) is 39.0 Å². The van der Waals surface area contributed by atoms with Gasteiger partial charge in [-0.25, -0.2) is 4.39 Å². The molecule has 0 aliphatic carbocycles. The van der Waals surface area contributed by atoms with Gasteiger partial charge in [0.05, 0.1) is 5.02 Å². The molecule has 0 saturated heterocycles. The predicted molar refractivity (Wildman–Crippen MR) is 118 cm³/mol. The number of hydrogen-bond acceptors (Lipinski definition) is 2. The van der Waals surface area contributed by atoms with E-state index in [2.05, 4.69) is 36.5 Å². The highest BCUT2D eigenvalue weighted by Crippen LogP contribution is 2.26. The molecule has 0 bridgehead atoms. The van der Waals surface area contributed by atoms with Gasteiger partial charge in [0.2, 0.25) is 0 Å². The lowest BCUT2D eigenvalue weighted by atomic mass is 10.1. The second-order valence-electron chi connectivity index (χ2n) is 7.05. The van der Waals surface area contributed by atoms with Crippen molar-refractivity contribution < 1.29 is 9.13 Å². The molecule has 29 heavy (non-hydrogen) atoms. The van der Waals surface area contributed by atoms with Crippen molar-refractivity contribution in [1.82, 2.24) is 5.32 Å². The summed E-state index contributed by atoms with van der Waals surface area (Å²) in [4.78, 5) is 0. The molecule has 2 nitrogen and oxygen atoms in total. The molecule has 0 fully saturated rings. The van der Waals surface area contributed by atoms with Crippen LogP contribution in [0.3, 0.4) is 0 Å². The van der Waals surface area contributed by atoms with Gasteiger partial charge in [-0.1, -0.05) is 59.6 Å². The van der Waals surface area contributed by atoms with E-state index >= 15 is 0 Å². The van der Waals surface area contributed by atoms with Crippen LogP contribution >= 0.6 is 23.2 Å². The van der Waals surface area contributed by atoms with Crippen LogP contribution in [-0.2, 0) is 19.6 Å². The lowest BCUT2D eigenvalue weighted by Crippen LogP contribution is -2.26. The highest BCUT2D eigenvalue weighted by atomic mass is 35.5. The monoisotopic (exact) mass is 431 g/mol. The van der Waals surface area contributed by atoms with E-state index in [1.807, 2.05) is 18.2 Å². The molecule has 1 N–H and O–H groups in total. The Morgan fingerprint density at radius 3 is 2.55 bits per heavy atom. The topological polar surface area (TPSA) is 21.3 Å². The third-order valence-corrected chi connectivity index (χ3v) is 5.40. The molecule has 152 valence electrons. The molecule has 3 aromatic rings. The highest BCUT2D eigenvalue weighted by Gasteiger charge is 2.11. The van der Waals surface area contributed by atoms with Crippen LogP contribution in [0.2, 0.25) is 10.0 Å². The fraction of sp³-hybridized carbons (Fsp3) is 0.250. The summed E-state index contributed by atoms with van der Waals surface area (Å²) in [6.07, 6.45) is 2.03. The molecular formula is C24H24Cl2FNO. The van der Waals surface area contributed by atoms with E-state index < -0.39 is 0 Å². The van der Waals surface area contributed by atoms with E-state index in [1.54, 1.807) is 18.2 Å². The zero-order valence-electron chi connectivity index (χ0n) is 16.3. The van der Waals surface area contributed by atoms with E-state index in [-0.39, 0.29) is 12.4 Å². The number of halogens is 3. The summed E-state index contributed by atoms with van der Waals surface area (Å²) in [5.41, 5.74) is 2.60. The Labute approximate surface area is 181 Å². The predicted octanol–water partition coefficient (Wildman–Crippen LogP) is 6.82. The number of ether oxygens (including phenoxy) is 1. The molecule has 0 spiro atoms. The van der Waals surface area contributed by atoms with Crippen LogP contribution in [0.25, 0.3) is 0 Å². The molecule has 3 aromatic carbocycles. The van der Waals surface area contributed by atoms with E-state index in [9.17, 15) is 4.39 Å². The maximum absolute atomic E-state index is 14.0. The molecule has 0 heterocycles. The van der Waals surface area contributed by atoms with Crippen molar-refractivity contribution in [3.63, 3.8) is 0 Å². The minimum absolute atomic E-state index is 0.0592. The largest absolute Gasteiger partial charge is 0.488 e. The van der Waals surface area contributed by atoms with Gasteiger partial charge in [-0.2, -0.15) is 0 Å². The summed E-state index contributed by atoms with van der Waals surface area (Å²) in [6, 6.07) is 20.8. The fourth-order valence-electron chi connectivity index (χ4n) is 3.06. The van der Waals surface area contributed by atoms with E-state index in [4.69, 9.17) is 27.9 Å². The highest BCUT2D eigenvalue weighted by molar-refractivity contribution is 6.31. The number of aryl methyl sites for hydroxylation is 1. The molecule has 5 heteroatoms. The normalized spacial score (nSPS) is 12.0. The van der Waals surface area contributed by atoms with Gasteiger partial charge in [0.1, 0.15) is 18.2 Å². The average Bonchev–Trinajstić information content (AvgIpc) is 2.72. The first-order valence-corrected chi connectivity index (χ1v) is 10.4. The van der Waals surface area contributed by atoms with Gasteiger partial charge in [0.25, 0.3) is 0 Å². The first-order valence-electron chi connectivity index (χ1n) is 9.64. The van der Waals surface area contributed by atoms with Crippen molar-refractivity contribution in [1.29, 1.82) is 0 Å². The second-order valence-corrected chi connectivity index (χ2v) is 7.89. The lowest BCUT2D eigenvalue weighted by molar-refractivity contribution is 0.295. The third-order valence-electron chi connectivity index (χ3n) is 4.81. The van der Waals surface area contributed by atoms with Crippen molar-refractivity contribution in [2.75, 3.05) is 0 Å². The molecular weight excluding hydrogens is 408 g/mol. The Balaban J connectivity index is 1.59. The summed E-state index contributed by atoms with van der Waals surface area (Å²) in [7, 11) is 0. The van der Waals surface area contributed by atoms with Crippen molar-refractivity contribution in [3.8, 4) is 5.75 Å². The average molecular weight is 432 g/mol. The Morgan fingerprint density at radius 1 is 1.00 bits per heavy atom. The van der Waals surface area contributed by atoms with Crippen molar-refractivity contribution in [2.24, 2.45) is 0 Å². The van der Waals surface area contributed by atoms with Gasteiger partial charge < -0.3 is 10.1 Å². The van der Waals surface area contributed by atoms with Gasteiger partial charge in [-0.05, 0) is 55.7 Å². The summed E-state index contributed by atoms with van der Waals surface area (Å²) in [5, 5.41) is 4.51. The second kappa shape index (κ2) is 10.6. The Morgan fingerprint density at radius 2 is 1.79 bits per heavy atom. The molecule has 0 aromatic heterocycles. The maximum Gasteiger partial charge on any atom is 0.131 e. The van der Waals surface area contributed by atoms with Crippen LogP contribution in [0, 0.1) is 5.82 Å². The van der Waals surface area contributed by atoms with Gasteiger partial charge in [0.15, 0.2) is 0 Å². The molecule has 0 saturated carbocycles. The Kier molecular flexibility index (Phi) is 7.93. The first kappa shape index (κ1) is 21.6. The number of nitrogens with one attached hydrogen (secondary N) is 1. The van der Waals surface area contributed by atoms with Crippen LogP contribution in [0.5, 0.6) is 5.75 Å². The van der Waals surface area contributed by atoms with Crippen LogP contribution in [0.15, 0.2) is 66.7 Å². The van der Waals surface area contributed by atoms with Crippen LogP contribution in [-0.4, -0.2) is 6.04 Å². The minimum Gasteiger partial charge on any atom is -0.488 e. The molecule has 0 aliphatic heterocycles. The quantitative estimate of drug-likeness (QED) is 0.401. The molecule has 3 rings (SSSR count). The number of hydrogen-bond donors (Lipinski definition) is 1. The summed E-state index contributed by atoms with van der Waals surface area (Å²) in [5.74, 6) is 0.289.